The van der Waals surface area contributed by atoms with E-state index in [4.69, 9.17) is 4.98 Å². The Labute approximate surface area is 207 Å². The van der Waals surface area contributed by atoms with Crippen molar-refractivity contribution in [1.29, 1.82) is 0 Å². The highest BCUT2D eigenvalue weighted by Gasteiger charge is 2.26. The number of anilines is 2. The van der Waals surface area contributed by atoms with Crippen LogP contribution in [0.4, 0.5) is 11.5 Å². The Bertz CT molecular complexity index is 1500. The maximum Gasteiger partial charge on any atom is 0.261 e. The molecule has 0 aliphatic carbocycles. The van der Waals surface area contributed by atoms with Gasteiger partial charge in [-0.2, -0.15) is 0 Å². The van der Waals surface area contributed by atoms with E-state index < -0.39 is 10.0 Å². The molecule has 0 atom stereocenters. The Morgan fingerprint density at radius 3 is 2.54 bits per heavy atom. The molecule has 11 heteroatoms. The van der Waals surface area contributed by atoms with E-state index in [1.807, 2.05) is 28.8 Å². The van der Waals surface area contributed by atoms with Gasteiger partial charge in [-0.05, 0) is 42.2 Å². The zero-order chi connectivity index (χ0) is 24.4. The van der Waals surface area contributed by atoms with Crippen molar-refractivity contribution < 1.29 is 13.2 Å². The molecular weight excluding hydrogens is 484 g/mol. The van der Waals surface area contributed by atoms with Crippen LogP contribution in [0.15, 0.2) is 78.1 Å². The van der Waals surface area contributed by atoms with Crippen LogP contribution < -0.4 is 9.62 Å². The number of aromatic nitrogens is 3. The van der Waals surface area contributed by atoms with E-state index in [1.165, 1.54) is 18.3 Å². The minimum atomic E-state index is -3.73. The molecule has 1 aliphatic rings. The van der Waals surface area contributed by atoms with Crippen LogP contribution in [0.1, 0.15) is 0 Å². The van der Waals surface area contributed by atoms with E-state index >= 15 is 0 Å². The maximum absolute atomic E-state index is 12.7. The van der Waals surface area contributed by atoms with Crippen LogP contribution in [-0.2, 0) is 14.8 Å². The first-order valence-electron chi connectivity index (χ1n) is 10.8. The first-order valence-corrected chi connectivity index (χ1v) is 13.5. The molecule has 1 aliphatic heterocycles. The number of sulfonamides is 1. The molecule has 0 radical (unpaired) electrons. The van der Waals surface area contributed by atoms with Gasteiger partial charge in [0.2, 0.25) is 5.91 Å². The molecule has 1 N–H and O–H groups in total. The number of fused-ring (bicyclic) bond motifs is 1. The third-order valence-corrected chi connectivity index (χ3v) is 7.85. The Hall–Kier alpha value is -3.54. The van der Waals surface area contributed by atoms with E-state index in [0.29, 0.717) is 35.6 Å². The van der Waals surface area contributed by atoms with Crippen molar-refractivity contribution in [3.05, 3.63) is 73.2 Å². The Morgan fingerprint density at radius 2 is 1.77 bits per heavy atom. The molecule has 2 aromatic carbocycles. The van der Waals surface area contributed by atoms with Crippen LogP contribution in [0.3, 0.4) is 0 Å². The van der Waals surface area contributed by atoms with E-state index in [9.17, 15) is 13.2 Å². The monoisotopic (exact) mass is 506 g/mol. The fourth-order valence-corrected chi connectivity index (χ4v) is 5.39. The third-order valence-electron chi connectivity index (χ3n) is 5.63. The molecule has 4 aromatic rings. The largest absolute Gasteiger partial charge is 0.293 e. The molecule has 0 spiro atoms. The number of nitrogens with one attached hydrogen (secondary N) is 1. The van der Waals surface area contributed by atoms with E-state index in [1.54, 1.807) is 53.5 Å². The quantitative estimate of drug-likeness (QED) is 0.396. The fraction of sp³-hybridized carbons (Fsp3) is 0.167. The Kier molecular flexibility index (Phi) is 6.37. The van der Waals surface area contributed by atoms with Crippen molar-refractivity contribution in [3.63, 3.8) is 0 Å². The first-order chi connectivity index (χ1) is 16.9. The molecule has 1 fully saturated rings. The fourth-order valence-electron chi connectivity index (χ4n) is 3.83. The van der Waals surface area contributed by atoms with Gasteiger partial charge in [-0.3, -0.25) is 24.4 Å². The van der Waals surface area contributed by atoms with E-state index in [2.05, 4.69) is 14.7 Å². The molecule has 0 unspecified atom stereocenters. The van der Waals surface area contributed by atoms with Crippen LogP contribution in [-0.4, -0.2) is 59.5 Å². The van der Waals surface area contributed by atoms with Crippen LogP contribution >= 0.6 is 11.9 Å². The zero-order valence-electron chi connectivity index (χ0n) is 18.8. The van der Waals surface area contributed by atoms with Gasteiger partial charge in [0.05, 0.1) is 40.6 Å². The predicted octanol–water partition coefficient (Wildman–Crippen LogP) is 3.42. The number of hydrogen-bond acceptors (Lipinski definition) is 8. The number of pyridine rings is 1. The lowest BCUT2D eigenvalue weighted by molar-refractivity contribution is -0.119. The highest BCUT2D eigenvalue weighted by atomic mass is 32.2. The summed E-state index contributed by atoms with van der Waals surface area (Å²) in [6, 6.07) is 15.5. The molecule has 178 valence electrons. The topological polar surface area (TPSA) is 108 Å². The minimum Gasteiger partial charge on any atom is -0.293 e. The van der Waals surface area contributed by atoms with Crippen molar-refractivity contribution in [2.75, 3.05) is 35.5 Å². The summed E-state index contributed by atoms with van der Waals surface area (Å²) in [4.78, 5) is 27.8. The SMILES string of the molecule is CSN1CCN(c2cnc3ccc(-c4cncc(NS(=O)(=O)c5ccccc5)c4)cc3n2)C(=O)C1. The molecular formula is C24H22N6O3S2. The van der Waals surface area contributed by atoms with Crippen LogP contribution in [0.5, 0.6) is 0 Å². The lowest BCUT2D eigenvalue weighted by atomic mass is 10.1. The van der Waals surface area contributed by atoms with Crippen molar-refractivity contribution in [3.8, 4) is 11.1 Å². The molecule has 5 rings (SSSR count). The number of nitrogens with zero attached hydrogens (tertiary/aromatic N) is 5. The summed E-state index contributed by atoms with van der Waals surface area (Å²) >= 11 is 1.55. The number of amides is 1. The van der Waals surface area contributed by atoms with Gasteiger partial charge in [-0.1, -0.05) is 36.2 Å². The lowest BCUT2D eigenvalue weighted by Crippen LogP contribution is -2.48. The van der Waals surface area contributed by atoms with Gasteiger partial charge in [-0.15, -0.1) is 0 Å². The third kappa shape index (κ3) is 4.97. The molecule has 3 heterocycles. The second-order valence-corrected chi connectivity index (χ2v) is 10.5. The highest BCUT2D eigenvalue weighted by Crippen LogP contribution is 2.27. The number of hydrogen-bond donors (Lipinski definition) is 1. The van der Waals surface area contributed by atoms with Crippen LogP contribution in [0.25, 0.3) is 22.2 Å². The second kappa shape index (κ2) is 9.61. The Balaban J connectivity index is 1.43. The van der Waals surface area contributed by atoms with Gasteiger partial charge < -0.3 is 0 Å². The van der Waals surface area contributed by atoms with Gasteiger partial charge in [0.15, 0.2) is 5.82 Å². The lowest BCUT2D eigenvalue weighted by Gasteiger charge is -2.31. The number of carbonyl (C=O) groups excluding carboxylic acids is 1. The van der Waals surface area contributed by atoms with Crippen LogP contribution in [0.2, 0.25) is 0 Å². The summed E-state index contributed by atoms with van der Waals surface area (Å²) in [5, 5.41) is 0. The van der Waals surface area contributed by atoms with Gasteiger partial charge in [0.25, 0.3) is 10.0 Å². The summed E-state index contributed by atoms with van der Waals surface area (Å²) in [5.74, 6) is 0.501. The summed E-state index contributed by atoms with van der Waals surface area (Å²) in [5.41, 5.74) is 3.20. The molecule has 1 saturated heterocycles. The molecule has 9 nitrogen and oxygen atoms in total. The second-order valence-electron chi connectivity index (χ2n) is 7.90. The zero-order valence-corrected chi connectivity index (χ0v) is 20.5. The Morgan fingerprint density at radius 1 is 0.943 bits per heavy atom. The van der Waals surface area contributed by atoms with Crippen molar-refractivity contribution in [1.82, 2.24) is 19.3 Å². The molecule has 1 amide bonds. The predicted molar refractivity (Wildman–Crippen MR) is 137 cm³/mol. The highest BCUT2D eigenvalue weighted by molar-refractivity contribution is 7.96. The summed E-state index contributed by atoms with van der Waals surface area (Å²) < 4.78 is 30.0. The van der Waals surface area contributed by atoms with Gasteiger partial charge >= 0.3 is 0 Å². The molecule has 0 bridgehead atoms. The average Bonchev–Trinajstić information content (AvgIpc) is 2.88. The van der Waals surface area contributed by atoms with Crippen molar-refractivity contribution >= 4 is 50.4 Å². The van der Waals surface area contributed by atoms with Crippen molar-refractivity contribution in [2.24, 2.45) is 0 Å². The number of carbonyl (C=O) groups is 1. The average molecular weight is 507 g/mol. The molecule has 2 aromatic heterocycles. The molecule has 35 heavy (non-hydrogen) atoms. The summed E-state index contributed by atoms with van der Waals surface area (Å²) in [6.07, 6.45) is 6.69. The number of piperazine rings is 1. The first kappa shape index (κ1) is 23.2. The van der Waals surface area contributed by atoms with Gasteiger partial charge in [0, 0.05) is 24.8 Å². The van der Waals surface area contributed by atoms with Crippen molar-refractivity contribution in [2.45, 2.75) is 4.90 Å². The summed E-state index contributed by atoms with van der Waals surface area (Å²) in [7, 11) is -3.73. The number of benzene rings is 2. The van der Waals surface area contributed by atoms with E-state index in [-0.39, 0.29) is 10.8 Å². The smallest absolute Gasteiger partial charge is 0.261 e. The maximum atomic E-state index is 12.7. The van der Waals surface area contributed by atoms with E-state index in [0.717, 1.165) is 17.7 Å². The number of rotatable bonds is 6. The van der Waals surface area contributed by atoms with Gasteiger partial charge in [0.1, 0.15) is 0 Å². The standard InChI is InChI=1S/C24H22N6O3S2/c1-34-29-9-10-30(24(31)16-29)23-15-26-21-8-7-17(12-22(21)27-23)18-11-19(14-25-13-18)28-35(32,33)20-5-3-2-4-6-20/h2-8,11-15,28H,9-10,16H2,1H3. The normalized spacial score (nSPS) is 14.9. The minimum absolute atomic E-state index is 0.0157. The van der Waals surface area contributed by atoms with Gasteiger partial charge in [-0.25, -0.2) is 17.7 Å². The van der Waals surface area contributed by atoms with Crippen LogP contribution in [0, 0.1) is 0 Å². The molecule has 0 saturated carbocycles. The summed E-state index contributed by atoms with van der Waals surface area (Å²) in [6.45, 7) is 1.63.